The summed E-state index contributed by atoms with van der Waals surface area (Å²) in [6, 6.07) is 34.4. The summed E-state index contributed by atoms with van der Waals surface area (Å²) in [7, 11) is 0. The van der Waals surface area contributed by atoms with Crippen molar-refractivity contribution in [3.05, 3.63) is 173 Å². The molecule has 13 heteroatoms. The average Bonchev–Trinajstić information content (AvgIpc) is 4.05. The van der Waals surface area contributed by atoms with Crippen molar-refractivity contribution in [2.45, 2.75) is 56.8 Å². The Morgan fingerprint density at radius 1 is 0.538 bits per heavy atom. The van der Waals surface area contributed by atoms with Gasteiger partial charge >= 0.3 is 0 Å². The fourth-order valence-electron chi connectivity index (χ4n) is 8.58. The second-order valence-electron chi connectivity index (χ2n) is 16.2. The molecule has 0 spiro atoms. The highest BCUT2D eigenvalue weighted by molar-refractivity contribution is 5.99. The zero-order valence-electron chi connectivity index (χ0n) is 35.3. The maximum absolute atomic E-state index is 14.7. The number of anilines is 1. The Bertz CT molecular complexity index is 3170. The molecule has 0 radical (unpaired) electrons. The Balaban J connectivity index is 0.967. The van der Waals surface area contributed by atoms with Gasteiger partial charge in [0.05, 0.1) is 12.2 Å². The molecular formula is C52H46N8O5. The molecule has 5 aromatic carbocycles. The number of carbonyl (C=O) groups is 5. The van der Waals surface area contributed by atoms with Crippen molar-refractivity contribution in [2.24, 2.45) is 5.73 Å². The molecule has 0 saturated carbocycles. The lowest BCUT2D eigenvalue weighted by Gasteiger charge is -2.26. The van der Waals surface area contributed by atoms with E-state index in [1.54, 1.807) is 23.5 Å². The van der Waals surface area contributed by atoms with Crippen LogP contribution < -0.4 is 26.6 Å². The highest BCUT2D eigenvalue weighted by Crippen LogP contribution is 2.27. The number of rotatable bonds is 15. The van der Waals surface area contributed by atoms with Gasteiger partial charge in [-0.25, -0.2) is 0 Å². The largest absolute Gasteiger partial charge is 0.368 e. The van der Waals surface area contributed by atoms with Gasteiger partial charge in [0.2, 0.25) is 29.5 Å². The summed E-state index contributed by atoms with van der Waals surface area (Å²) in [6.07, 6.45) is 5.23. The molecule has 8 aromatic rings. The van der Waals surface area contributed by atoms with Gasteiger partial charge in [-0.3, -0.25) is 24.0 Å². The van der Waals surface area contributed by atoms with E-state index in [0.29, 0.717) is 11.3 Å². The van der Waals surface area contributed by atoms with Gasteiger partial charge in [-0.1, -0.05) is 96.8 Å². The molecule has 3 atom stereocenters. The second kappa shape index (κ2) is 18.5. The first-order valence-electron chi connectivity index (χ1n) is 21.5. The van der Waals surface area contributed by atoms with E-state index >= 15 is 0 Å². The highest BCUT2D eigenvalue weighted by Gasteiger charge is 2.32. The molecule has 5 amide bonds. The number of aromatic nitrogens is 3. The van der Waals surface area contributed by atoms with E-state index in [1.165, 1.54) is 0 Å². The fraction of sp³-hybridized carbons (Fsp3) is 0.173. The number of hydrogen-bond acceptors (Lipinski definition) is 5. The maximum atomic E-state index is 14.7. The second-order valence-corrected chi connectivity index (χ2v) is 16.2. The third-order valence-corrected chi connectivity index (χ3v) is 12.0. The molecule has 0 bridgehead atoms. The van der Waals surface area contributed by atoms with E-state index < -0.39 is 41.8 Å². The summed E-state index contributed by atoms with van der Waals surface area (Å²) in [5, 5.41) is 11.3. The molecule has 0 fully saturated rings. The van der Waals surface area contributed by atoms with Crippen LogP contribution in [0.1, 0.15) is 46.2 Å². The lowest BCUT2D eigenvalue weighted by atomic mass is 10.00. The van der Waals surface area contributed by atoms with Crippen LogP contribution in [0.5, 0.6) is 0 Å². The molecule has 3 aromatic heterocycles. The van der Waals surface area contributed by atoms with Gasteiger partial charge in [0.1, 0.15) is 18.1 Å². The SMILES string of the molecule is NC(=O)C(Cc1c[nH]c2ccccc12)NC(=O)C(Cc1c[nH]c2ccccc12)NC(=O)C(Cc1c[nH]c2ccccc12)NC(=O)CCC(=O)N1Cc2ccccc2C#Cc2ccccc21. The molecule has 1 aliphatic heterocycles. The Kier molecular flexibility index (Phi) is 12.0. The van der Waals surface area contributed by atoms with Gasteiger partial charge in [0.15, 0.2) is 0 Å². The Labute approximate surface area is 374 Å². The molecule has 9 rings (SSSR count). The molecule has 4 heterocycles. The number of H-pyrrole nitrogens is 3. The van der Waals surface area contributed by atoms with Crippen LogP contribution in [0, 0.1) is 11.8 Å². The summed E-state index contributed by atoms with van der Waals surface area (Å²) < 4.78 is 0. The van der Waals surface area contributed by atoms with Crippen LogP contribution in [0.2, 0.25) is 0 Å². The molecule has 8 N–H and O–H groups in total. The van der Waals surface area contributed by atoms with Crippen molar-refractivity contribution in [2.75, 3.05) is 4.90 Å². The topological polar surface area (TPSA) is 198 Å². The Morgan fingerprint density at radius 3 is 1.55 bits per heavy atom. The third kappa shape index (κ3) is 9.23. The van der Waals surface area contributed by atoms with E-state index in [-0.39, 0.29) is 44.6 Å². The van der Waals surface area contributed by atoms with Crippen LogP contribution in [0.15, 0.2) is 140 Å². The third-order valence-electron chi connectivity index (χ3n) is 12.0. The predicted octanol–water partition coefficient (Wildman–Crippen LogP) is 5.82. The van der Waals surface area contributed by atoms with E-state index in [2.05, 4.69) is 42.7 Å². The molecule has 0 aliphatic carbocycles. The average molecular weight is 863 g/mol. The quantitative estimate of drug-likeness (QED) is 0.0636. The zero-order valence-corrected chi connectivity index (χ0v) is 35.3. The number of carbonyl (C=O) groups excluding carboxylic acids is 5. The normalized spacial score (nSPS) is 13.3. The maximum Gasteiger partial charge on any atom is 0.243 e. The number of nitrogens with zero attached hydrogens (tertiary/aromatic N) is 1. The number of hydrogen-bond donors (Lipinski definition) is 7. The molecule has 65 heavy (non-hydrogen) atoms. The van der Waals surface area contributed by atoms with Crippen molar-refractivity contribution in [3.8, 4) is 11.8 Å². The molecule has 13 nitrogen and oxygen atoms in total. The van der Waals surface area contributed by atoms with Crippen molar-refractivity contribution in [3.63, 3.8) is 0 Å². The number of para-hydroxylation sites is 4. The number of fused-ring (bicyclic) bond motifs is 5. The van der Waals surface area contributed by atoms with E-state index in [4.69, 9.17) is 5.73 Å². The fourth-order valence-corrected chi connectivity index (χ4v) is 8.58. The first kappa shape index (κ1) is 42.0. The van der Waals surface area contributed by atoms with Crippen LogP contribution in [0.4, 0.5) is 5.69 Å². The van der Waals surface area contributed by atoms with Crippen molar-refractivity contribution in [1.82, 2.24) is 30.9 Å². The minimum Gasteiger partial charge on any atom is -0.368 e. The summed E-state index contributed by atoms with van der Waals surface area (Å²) in [5.41, 5.74) is 13.8. The first-order chi connectivity index (χ1) is 31.7. The summed E-state index contributed by atoms with van der Waals surface area (Å²) in [4.78, 5) is 81.4. The van der Waals surface area contributed by atoms with Gasteiger partial charge in [0, 0.05) is 94.5 Å². The van der Waals surface area contributed by atoms with Crippen LogP contribution >= 0.6 is 0 Å². The van der Waals surface area contributed by atoms with Gasteiger partial charge in [-0.2, -0.15) is 0 Å². The van der Waals surface area contributed by atoms with Gasteiger partial charge < -0.3 is 41.5 Å². The van der Waals surface area contributed by atoms with Gasteiger partial charge in [-0.05, 0) is 58.7 Å². The van der Waals surface area contributed by atoms with Crippen molar-refractivity contribution in [1.29, 1.82) is 0 Å². The molecule has 324 valence electrons. The van der Waals surface area contributed by atoms with E-state index in [9.17, 15) is 24.0 Å². The monoisotopic (exact) mass is 862 g/mol. The minimum atomic E-state index is -1.20. The summed E-state index contributed by atoms with van der Waals surface area (Å²) in [5.74, 6) is 3.61. The van der Waals surface area contributed by atoms with E-state index in [1.807, 2.05) is 121 Å². The number of nitrogens with two attached hydrogens (primary N) is 1. The Morgan fingerprint density at radius 2 is 0.985 bits per heavy atom. The van der Waals surface area contributed by atoms with Crippen molar-refractivity contribution < 1.29 is 24.0 Å². The zero-order chi connectivity index (χ0) is 44.9. The number of benzene rings is 5. The molecule has 1 aliphatic rings. The minimum absolute atomic E-state index is 0.0488. The standard InChI is InChI=1S/C52H46N8O5/c53-50(63)44(25-35-28-54-41-17-7-4-14-38(35)41)58-52(65)46(27-37-30-56-43-19-9-6-16-40(37)43)59-51(64)45(26-36-29-55-42-18-8-5-15-39(36)42)57-48(61)23-24-49(62)60-31-34-13-2-1-11-32(34)21-22-33-12-3-10-20-47(33)60/h1-20,28-30,44-46,54-56H,23-27,31H2,(H2,53,63)(H,57,61)(H,58,65)(H,59,64). The first-order valence-corrected chi connectivity index (χ1v) is 21.5. The number of nitrogens with one attached hydrogen (secondary N) is 6. The number of primary amides is 1. The van der Waals surface area contributed by atoms with Crippen molar-refractivity contribution >= 4 is 67.9 Å². The van der Waals surface area contributed by atoms with Crippen LogP contribution in [-0.2, 0) is 49.8 Å². The lowest BCUT2D eigenvalue weighted by molar-refractivity contribution is -0.133. The van der Waals surface area contributed by atoms with Crippen LogP contribution in [0.3, 0.4) is 0 Å². The summed E-state index contributed by atoms with van der Waals surface area (Å²) >= 11 is 0. The molecule has 3 unspecified atom stereocenters. The highest BCUT2D eigenvalue weighted by atomic mass is 16.2. The summed E-state index contributed by atoms with van der Waals surface area (Å²) in [6.45, 7) is 0.270. The lowest BCUT2D eigenvalue weighted by Crippen LogP contribution is -2.57. The van der Waals surface area contributed by atoms with Crippen LogP contribution in [0.25, 0.3) is 32.7 Å². The molecule has 0 saturated heterocycles. The van der Waals surface area contributed by atoms with Gasteiger partial charge in [-0.15, -0.1) is 0 Å². The predicted molar refractivity (Wildman–Crippen MR) is 250 cm³/mol. The van der Waals surface area contributed by atoms with Crippen LogP contribution in [-0.4, -0.2) is 62.6 Å². The van der Waals surface area contributed by atoms with Gasteiger partial charge in [0.25, 0.3) is 0 Å². The smallest absolute Gasteiger partial charge is 0.243 e. The Hall–Kier alpha value is -8.37. The number of amides is 5. The molecular weight excluding hydrogens is 817 g/mol. The number of aromatic amines is 3. The van der Waals surface area contributed by atoms with E-state index in [0.717, 1.165) is 60.5 Å².